The molecule has 28 heavy (non-hydrogen) atoms. The van der Waals surface area contributed by atoms with Gasteiger partial charge in [-0.25, -0.2) is 0 Å². The first-order chi connectivity index (χ1) is 13.2. The largest absolute Gasteiger partial charge is 0.497 e. The molecule has 2 aliphatic rings. The Bertz CT molecular complexity index is 682. The highest BCUT2D eigenvalue weighted by Crippen LogP contribution is 2.49. The van der Waals surface area contributed by atoms with Crippen LogP contribution in [0.4, 0.5) is 0 Å². The number of nitrogens with zero attached hydrogens (tertiary/aromatic N) is 1. The molecule has 2 fully saturated rings. The fraction of sp³-hybridized carbons (Fsp3) is 0.708. The van der Waals surface area contributed by atoms with E-state index in [4.69, 9.17) is 4.74 Å². The van der Waals surface area contributed by atoms with Crippen LogP contribution in [0.2, 0.25) is 0 Å². The maximum atomic E-state index is 13.5. The van der Waals surface area contributed by atoms with Crippen molar-refractivity contribution < 1.29 is 9.53 Å². The van der Waals surface area contributed by atoms with Crippen LogP contribution in [-0.4, -0.2) is 41.6 Å². The number of ether oxygens (including phenoxy) is 1. The highest BCUT2D eigenvalue weighted by molar-refractivity contribution is 5.83. The number of rotatable bonds is 7. The number of benzene rings is 1. The van der Waals surface area contributed by atoms with Crippen LogP contribution in [0, 0.1) is 5.92 Å². The van der Waals surface area contributed by atoms with Crippen LogP contribution in [0.5, 0.6) is 5.75 Å². The number of unbranched alkanes of at least 4 members (excludes halogenated alkanes) is 1. The second-order valence-corrected chi connectivity index (χ2v) is 10.1. The minimum absolute atomic E-state index is 0.0485. The Balaban J connectivity index is 1.75. The number of carbonyl (C=O) groups is 1. The third-order valence-corrected chi connectivity index (χ3v) is 6.27. The molecule has 1 aliphatic heterocycles. The van der Waals surface area contributed by atoms with Crippen LogP contribution < -0.4 is 10.1 Å². The molecule has 0 bridgehead atoms. The molecule has 1 aromatic carbocycles. The lowest BCUT2D eigenvalue weighted by molar-refractivity contribution is -0.137. The highest BCUT2D eigenvalue weighted by atomic mass is 16.5. The molecule has 0 radical (unpaired) electrons. The molecule has 0 aromatic heterocycles. The summed E-state index contributed by atoms with van der Waals surface area (Å²) in [7, 11) is 1.70. The van der Waals surface area contributed by atoms with Gasteiger partial charge in [-0.2, -0.15) is 0 Å². The topological polar surface area (TPSA) is 41.6 Å². The van der Waals surface area contributed by atoms with Gasteiger partial charge >= 0.3 is 0 Å². The number of nitrogens with one attached hydrogen (secondary N) is 1. The average molecular weight is 387 g/mol. The molecule has 3 rings (SSSR count). The van der Waals surface area contributed by atoms with E-state index in [9.17, 15) is 4.79 Å². The maximum Gasteiger partial charge on any atom is 0.226 e. The third kappa shape index (κ3) is 4.89. The lowest BCUT2D eigenvalue weighted by Crippen LogP contribution is -2.63. The molecule has 2 atom stereocenters. The van der Waals surface area contributed by atoms with Crippen molar-refractivity contribution in [3.8, 4) is 5.75 Å². The monoisotopic (exact) mass is 386 g/mol. The van der Waals surface area contributed by atoms with Gasteiger partial charge in [0.05, 0.1) is 7.11 Å². The van der Waals surface area contributed by atoms with E-state index in [1.165, 1.54) is 5.56 Å². The normalized spacial score (nSPS) is 25.9. The molecule has 156 valence electrons. The molecule has 1 N–H and O–H groups in total. The number of amides is 1. The van der Waals surface area contributed by atoms with Crippen LogP contribution >= 0.6 is 0 Å². The van der Waals surface area contributed by atoms with Crippen molar-refractivity contribution in [3.05, 3.63) is 29.8 Å². The van der Waals surface area contributed by atoms with Gasteiger partial charge in [-0.05, 0) is 77.0 Å². The lowest BCUT2D eigenvalue weighted by atomic mass is 9.78. The van der Waals surface area contributed by atoms with E-state index in [0.717, 1.165) is 44.4 Å². The van der Waals surface area contributed by atoms with Gasteiger partial charge in [0.15, 0.2) is 0 Å². The van der Waals surface area contributed by atoms with Gasteiger partial charge in [-0.1, -0.05) is 25.5 Å². The zero-order valence-corrected chi connectivity index (χ0v) is 18.5. The number of carbonyl (C=O) groups excluding carboxylic acids is 1. The molecule has 1 aromatic rings. The molecule has 0 spiro atoms. The predicted molar refractivity (Wildman–Crippen MR) is 115 cm³/mol. The number of hydrogen-bond acceptors (Lipinski definition) is 3. The van der Waals surface area contributed by atoms with Gasteiger partial charge in [0.2, 0.25) is 5.91 Å². The second-order valence-electron chi connectivity index (χ2n) is 10.1. The molecule has 1 amide bonds. The van der Waals surface area contributed by atoms with E-state index in [2.05, 4.69) is 57.0 Å². The van der Waals surface area contributed by atoms with Crippen LogP contribution in [0.3, 0.4) is 0 Å². The molecule has 1 aliphatic carbocycles. The molecular weight excluding hydrogens is 348 g/mol. The Morgan fingerprint density at radius 2 is 1.89 bits per heavy atom. The predicted octanol–water partition coefficient (Wildman–Crippen LogP) is 4.74. The SMILES string of the molecule is CCCCN(C(=O)C1CC1c1cccc(OC)c1)C1CC(C)(C)NC(C)(C)C1. The van der Waals surface area contributed by atoms with Gasteiger partial charge in [-0.15, -0.1) is 0 Å². The van der Waals surface area contributed by atoms with Crippen molar-refractivity contribution in [1.82, 2.24) is 10.2 Å². The van der Waals surface area contributed by atoms with Crippen LogP contribution in [0.15, 0.2) is 24.3 Å². The van der Waals surface area contributed by atoms with E-state index < -0.39 is 0 Å². The van der Waals surface area contributed by atoms with Crippen molar-refractivity contribution in [3.63, 3.8) is 0 Å². The van der Waals surface area contributed by atoms with Gasteiger partial charge < -0.3 is 15.0 Å². The average Bonchev–Trinajstić information content (AvgIpc) is 3.40. The summed E-state index contributed by atoms with van der Waals surface area (Å²) >= 11 is 0. The maximum absolute atomic E-state index is 13.5. The van der Waals surface area contributed by atoms with Crippen LogP contribution in [0.25, 0.3) is 0 Å². The van der Waals surface area contributed by atoms with Gasteiger partial charge in [-0.3, -0.25) is 4.79 Å². The Kier molecular flexibility index (Phi) is 6.09. The third-order valence-electron chi connectivity index (χ3n) is 6.27. The van der Waals surface area contributed by atoms with Gasteiger partial charge in [0.25, 0.3) is 0 Å². The fourth-order valence-corrected chi connectivity index (χ4v) is 5.21. The molecule has 1 saturated carbocycles. The van der Waals surface area contributed by atoms with Crippen molar-refractivity contribution in [2.45, 2.75) is 89.8 Å². The first-order valence-electron chi connectivity index (χ1n) is 10.9. The summed E-state index contributed by atoms with van der Waals surface area (Å²) in [5, 5.41) is 3.75. The standard InChI is InChI=1S/C24H38N2O2/c1-7-8-12-26(18-15-23(2,3)25-24(4,5)16-18)22(27)21-14-20(21)17-10-9-11-19(13-17)28-6/h9-11,13,18,20-21,25H,7-8,12,14-16H2,1-6H3. The number of methoxy groups -OCH3 is 1. The Morgan fingerprint density at radius 1 is 1.21 bits per heavy atom. The van der Waals surface area contributed by atoms with E-state index in [-0.39, 0.29) is 17.0 Å². The Labute approximate surface area is 171 Å². The summed E-state index contributed by atoms with van der Waals surface area (Å²) in [6.07, 6.45) is 5.19. The lowest BCUT2D eigenvalue weighted by Gasteiger charge is -2.49. The minimum atomic E-state index is 0.0485. The zero-order valence-electron chi connectivity index (χ0n) is 18.5. The molecule has 2 unspecified atom stereocenters. The molecule has 4 nitrogen and oxygen atoms in total. The second kappa shape index (κ2) is 8.06. The Hall–Kier alpha value is -1.55. The van der Waals surface area contributed by atoms with Gasteiger partial charge in [0, 0.05) is 29.6 Å². The van der Waals surface area contributed by atoms with Crippen LogP contribution in [0.1, 0.15) is 78.2 Å². The summed E-state index contributed by atoms with van der Waals surface area (Å²) in [6, 6.07) is 8.53. The van der Waals surface area contributed by atoms with E-state index in [0.29, 0.717) is 17.9 Å². The summed E-state index contributed by atoms with van der Waals surface area (Å²) in [5.41, 5.74) is 1.33. The molecule has 1 heterocycles. The smallest absolute Gasteiger partial charge is 0.226 e. The molecule has 4 heteroatoms. The summed E-state index contributed by atoms with van der Waals surface area (Å²) in [5.74, 6) is 1.71. The zero-order chi connectivity index (χ0) is 20.5. The van der Waals surface area contributed by atoms with Gasteiger partial charge in [0.1, 0.15) is 5.75 Å². The molecular formula is C24H38N2O2. The Morgan fingerprint density at radius 3 is 2.50 bits per heavy atom. The molecule has 1 saturated heterocycles. The van der Waals surface area contributed by atoms with E-state index in [1.54, 1.807) is 7.11 Å². The first kappa shape index (κ1) is 21.2. The summed E-state index contributed by atoms with van der Waals surface area (Å²) in [4.78, 5) is 15.8. The van der Waals surface area contributed by atoms with E-state index >= 15 is 0 Å². The minimum Gasteiger partial charge on any atom is -0.497 e. The number of piperidine rings is 1. The van der Waals surface area contributed by atoms with Crippen molar-refractivity contribution >= 4 is 5.91 Å². The highest BCUT2D eigenvalue weighted by Gasteiger charge is 2.49. The van der Waals surface area contributed by atoms with Crippen molar-refractivity contribution in [2.24, 2.45) is 5.92 Å². The van der Waals surface area contributed by atoms with Crippen molar-refractivity contribution in [1.29, 1.82) is 0 Å². The van der Waals surface area contributed by atoms with E-state index in [1.807, 2.05) is 12.1 Å². The quantitative estimate of drug-likeness (QED) is 0.736. The van der Waals surface area contributed by atoms with Crippen molar-refractivity contribution in [2.75, 3.05) is 13.7 Å². The summed E-state index contributed by atoms with van der Waals surface area (Å²) < 4.78 is 5.37. The fourth-order valence-electron chi connectivity index (χ4n) is 5.21. The van der Waals surface area contributed by atoms with Crippen LogP contribution in [-0.2, 0) is 4.79 Å². The summed E-state index contributed by atoms with van der Waals surface area (Å²) in [6.45, 7) is 12.1. The number of hydrogen-bond donors (Lipinski definition) is 1. The first-order valence-corrected chi connectivity index (χ1v) is 10.9.